The highest BCUT2D eigenvalue weighted by Gasteiger charge is 2.14. The maximum atomic E-state index is 11.1. The summed E-state index contributed by atoms with van der Waals surface area (Å²) in [5, 5.41) is 3.87. The highest BCUT2D eigenvalue weighted by molar-refractivity contribution is 7.84. The largest absolute Gasteiger partial charge is 0.314 e. The van der Waals surface area contributed by atoms with Crippen molar-refractivity contribution in [1.29, 1.82) is 0 Å². The van der Waals surface area contributed by atoms with Crippen LogP contribution in [0.2, 0.25) is 0 Å². The van der Waals surface area contributed by atoms with Crippen molar-refractivity contribution in [3.8, 4) is 0 Å². The normalized spacial score (nSPS) is 23.2. The number of rotatable bonds is 5. The first-order valence-electron chi connectivity index (χ1n) is 5.25. The minimum atomic E-state index is -0.653. The van der Waals surface area contributed by atoms with E-state index in [1.807, 2.05) is 0 Å². The molecular weight excluding hydrogens is 182 g/mol. The average Bonchev–Trinajstić information content (AvgIpc) is 2.56. The number of hydrogen-bond donors (Lipinski definition) is 1. The molecule has 1 aliphatic rings. The number of hydrogen-bond acceptors (Lipinski definition) is 2. The van der Waals surface area contributed by atoms with E-state index >= 15 is 0 Å². The zero-order valence-electron chi connectivity index (χ0n) is 8.71. The maximum absolute atomic E-state index is 11.1. The number of nitrogens with one attached hydrogen (secondary N) is 1. The van der Waals surface area contributed by atoms with Crippen LogP contribution in [0.4, 0.5) is 0 Å². The van der Waals surface area contributed by atoms with Crippen molar-refractivity contribution in [2.45, 2.75) is 50.3 Å². The molecule has 1 N–H and O–H groups in total. The molecule has 0 saturated heterocycles. The molecule has 2 unspecified atom stereocenters. The second-order valence-electron chi connectivity index (χ2n) is 4.03. The fourth-order valence-corrected chi connectivity index (χ4v) is 2.24. The molecule has 1 rings (SSSR count). The first-order chi connectivity index (χ1) is 6.20. The molecule has 13 heavy (non-hydrogen) atoms. The van der Waals surface area contributed by atoms with Gasteiger partial charge in [-0.3, -0.25) is 4.21 Å². The molecule has 0 amide bonds. The fourth-order valence-electron chi connectivity index (χ4n) is 1.79. The van der Waals surface area contributed by atoms with E-state index in [0.717, 1.165) is 19.0 Å². The first-order valence-corrected chi connectivity index (χ1v) is 6.88. The van der Waals surface area contributed by atoms with Crippen LogP contribution in [0.25, 0.3) is 0 Å². The summed E-state index contributed by atoms with van der Waals surface area (Å²) in [4.78, 5) is 0. The zero-order valence-corrected chi connectivity index (χ0v) is 9.53. The van der Waals surface area contributed by atoms with Crippen molar-refractivity contribution >= 4 is 10.8 Å². The molecule has 3 heteroatoms. The van der Waals surface area contributed by atoms with Gasteiger partial charge in [-0.25, -0.2) is 0 Å². The SMILES string of the molecule is CC(CCNC1CCCC1)S(C)=O. The Hall–Kier alpha value is 0.110. The Morgan fingerprint density at radius 1 is 1.46 bits per heavy atom. The smallest absolute Gasteiger partial charge is 0.0329 e. The van der Waals surface area contributed by atoms with E-state index in [9.17, 15) is 4.21 Å². The van der Waals surface area contributed by atoms with Crippen molar-refractivity contribution in [1.82, 2.24) is 5.32 Å². The van der Waals surface area contributed by atoms with Gasteiger partial charge in [0.25, 0.3) is 0 Å². The van der Waals surface area contributed by atoms with Crippen LogP contribution in [0.5, 0.6) is 0 Å². The van der Waals surface area contributed by atoms with Crippen molar-refractivity contribution < 1.29 is 4.21 Å². The van der Waals surface area contributed by atoms with Gasteiger partial charge in [-0.1, -0.05) is 19.8 Å². The Morgan fingerprint density at radius 3 is 2.62 bits per heavy atom. The maximum Gasteiger partial charge on any atom is 0.0329 e. The van der Waals surface area contributed by atoms with Crippen LogP contribution in [-0.4, -0.2) is 28.3 Å². The van der Waals surface area contributed by atoms with Gasteiger partial charge in [-0.15, -0.1) is 0 Å². The lowest BCUT2D eigenvalue weighted by molar-refractivity contribution is 0.513. The molecule has 0 aliphatic heterocycles. The highest BCUT2D eigenvalue weighted by atomic mass is 32.2. The standard InChI is InChI=1S/C10H21NOS/c1-9(13(2)12)7-8-11-10-5-3-4-6-10/h9-11H,3-8H2,1-2H3. The lowest BCUT2D eigenvalue weighted by Gasteiger charge is -2.13. The Balaban J connectivity index is 2.02. The van der Waals surface area contributed by atoms with Crippen LogP contribution in [0.3, 0.4) is 0 Å². The fraction of sp³-hybridized carbons (Fsp3) is 1.00. The third-order valence-corrected chi connectivity index (χ3v) is 4.27. The third-order valence-electron chi connectivity index (χ3n) is 2.91. The molecular formula is C10H21NOS. The Kier molecular flexibility index (Phi) is 4.96. The molecule has 2 nitrogen and oxygen atoms in total. The molecule has 0 aromatic rings. The molecule has 0 bridgehead atoms. The summed E-state index contributed by atoms with van der Waals surface area (Å²) < 4.78 is 11.1. The van der Waals surface area contributed by atoms with Gasteiger partial charge >= 0.3 is 0 Å². The lowest BCUT2D eigenvalue weighted by atomic mass is 10.2. The molecule has 0 aromatic heterocycles. The quantitative estimate of drug-likeness (QED) is 0.736. The van der Waals surface area contributed by atoms with E-state index in [1.165, 1.54) is 25.7 Å². The summed E-state index contributed by atoms with van der Waals surface area (Å²) in [5.74, 6) is 0. The predicted molar refractivity (Wildman–Crippen MR) is 58.4 cm³/mol. The summed E-state index contributed by atoms with van der Waals surface area (Å²) in [6, 6.07) is 0.748. The van der Waals surface area contributed by atoms with Crippen LogP contribution in [0.15, 0.2) is 0 Å². The molecule has 0 spiro atoms. The summed E-state index contributed by atoms with van der Waals surface area (Å²) in [6.45, 7) is 3.10. The van der Waals surface area contributed by atoms with Crippen molar-refractivity contribution in [2.24, 2.45) is 0 Å². The van der Waals surface area contributed by atoms with Gasteiger partial charge in [0.2, 0.25) is 0 Å². The summed E-state index contributed by atoms with van der Waals surface area (Å²) in [6.07, 6.45) is 8.27. The lowest BCUT2D eigenvalue weighted by Crippen LogP contribution is -2.29. The van der Waals surface area contributed by atoms with E-state index in [4.69, 9.17) is 0 Å². The third kappa shape index (κ3) is 4.23. The van der Waals surface area contributed by atoms with Crippen LogP contribution in [0, 0.1) is 0 Å². The second kappa shape index (κ2) is 5.76. The Labute approximate surface area is 83.9 Å². The van der Waals surface area contributed by atoms with Gasteiger partial charge in [-0.2, -0.15) is 0 Å². The van der Waals surface area contributed by atoms with Crippen molar-refractivity contribution in [3.05, 3.63) is 0 Å². The Morgan fingerprint density at radius 2 is 2.08 bits per heavy atom. The van der Waals surface area contributed by atoms with Gasteiger partial charge in [-0.05, 0) is 25.8 Å². The minimum Gasteiger partial charge on any atom is -0.314 e. The van der Waals surface area contributed by atoms with Gasteiger partial charge in [0.05, 0.1) is 0 Å². The van der Waals surface area contributed by atoms with Gasteiger partial charge in [0.1, 0.15) is 0 Å². The topological polar surface area (TPSA) is 29.1 Å². The summed E-state index contributed by atoms with van der Waals surface area (Å²) in [5.41, 5.74) is 0. The van der Waals surface area contributed by atoms with Gasteiger partial charge in [0.15, 0.2) is 0 Å². The van der Waals surface area contributed by atoms with Crippen LogP contribution in [-0.2, 0) is 10.8 Å². The van der Waals surface area contributed by atoms with E-state index in [2.05, 4.69) is 12.2 Å². The van der Waals surface area contributed by atoms with Crippen molar-refractivity contribution in [3.63, 3.8) is 0 Å². The van der Waals surface area contributed by atoms with Gasteiger partial charge in [0, 0.05) is 28.3 Å². The predicted octanol–water partition coefficient (Wildman–Crippen LogP) is 1.68. The van der Waals surface area contributed by atoms with E-state index in [-0.39, 0.29) is 0 Å². The highest BCUT2D eigenvalue weighted by Crippen LogP contribution is 2.17. The Bertz CT molecular complexity index is 166. The second-order valence-corrected chi connectivity index (χ2v) is 5.84. The summed E-state index contributed by atoms with van der Waals surface area (Å²) in [7, 11) is -0.653. The molecule has 1 saturated carbocycles. The van der Waals surface area contributed by atoms with E-state index < -0.39 is 10.8 Å². The first kappa shape index (κ1) is 11.2. The average molecular weight is 203 g/mol. The van der Waals surface area contributed by atoms with Crippen LogP contribution < -0.4 is 5.32 Å². The van der Waals surface area contributed by atoms with Crippen molar-refractivity contribution in [2.75, 3.05) is 12.8 Å². The molecule has 1 fully saturated rings. The molecule has 0 aromatic carbocycles. The van der Waals surface area contributed by atoms with E-state index in [0.29, 0.717) is 5.25 Å². The van der Waals surface area contributed by atoms with Crippen LogP contribution in [0.1, 0.15) is 39.0 Å². The zero-order chi connectivity index (χ0) is 9.68. The molecule has 0 radical (unpaired) electrons. The molecule has 0 heterocycles. The van der Waals surface area contributed by atoms with E-state index in [1.54, 1.807) is 6.26 Å². The molecule has 2 atom stereocenters. The minimum absolute atomic E-state index is 0.342. The molecule has 1 aliphatic carbocycles. The summed E-state index contributed by atoms with van der Waals surface area (Å²) >= 11 is 0. The molecule has 78 valence electrons. The van der Waals surface area contributed by atoms with Gasteiger partial charge < -0.3 is 5.32 Å². The monoisotopic (exact) mass is 203 g/mol. The van der Waals surface area contributed by atoms with Crippen LogP contribution >= 0.6 is 0 Å².